The molecule has 0 saturated carbocycles. The molecule has 1 N–H and O–H groups in total. The van der Waals surface area contributed by atoms with Gasteiger partial charge in [-0.25, -0.2) is 0 Å². The number of imide groups is 1. The van der Waals surface area contributed by atoms with E-state index in [1.807, 2.05) is 30.3 Å². The zero-order chi connectivity index (χ0) is 23.2. The van der Waals surface area contributed by atoms with E-state index in [1.54, 1.807) is 55.6 Å². The highest BCUT2D eigenvalue weighted by molar-refractivity contribution is 6.22. The second kappa shape index (κ2) is 9.99. The highest BCUT2D eigenvalue weighted by Crippen LogP contribution is 2.26. The molecule has 0 saturated heterocycles. The minimum absolute atomic E-state index is 0.220. The van der Waals surface area contributed by atoms with Gasteiger partial charge >= 0.3 is 0 Å². The number of methoxy groups -OCH3 is 1. The number of hydrogen-bond donors (Lipinski definition) is 1. The van der Waals surface area contributed by atoms with E-state index in [0.29, 0.717) is 16.9 Å². The van der Waals surface area contributed by atoms with Gasteiger partial charge in [0.15, 0.2) is 0 Å². The topological polar surface area (TPSA) is 84.9 Å². The van der Waals surface area contributed by atoms with Gasteiger partial charge in [0.05, 0.1) is 24.8 Å². The minimum Gasteiger partial charge on any atom is -0.497 e. The van der Waals surface area contributed by atoms with Crippen LogP contribution in [0.4, 0.5) is 0 Å². The molecule has 3 aromatic rings. The largest absolute Gasteiger partial charge is 0.497 e. The number of ether oxygens (including phenoxy) is 2. The maximum Gasteiger partial charge on any atom is 0.262 e. The molecule has 7 nitrogen and oxygen atoms in total. The second-order valence-electron chi connectivity index (χ2n) is 7.55. The molecule has 0 fully saturated rings. The van der Waals surface area contributed by atoms with E-state index >= 15 is 0 Å². The van der Waals surface area contributed by atoms with Crippen molar-refractivity contribution < 1.29 is 23.9 Å². The quantitative estimate of drug-likeness (QED) is 0.405. The van der Waals surface area contributed by atoms with E-state index in [2.05, 4.69) is 5.32 Å². The first-order chi connectivity index (χ1) is 16.1. The predicted octanol–water partition coefficient (Wildman–Crippen LogP) is 3.10. The molecule has 3 amide bonds. The van der Waals surface area contributed by atoms with Crippen LogP contribution in [0.3, 0.4) is 0 Å². The Bertz CT molecular complexity index is 1110. The first-order valence-corrected chi connectivity index (χ1v) is 10.6. The lowest BCUT2D eigenvalue weighted by Crippen LogP contribution is -2.51. The summed E-state index contributed by atoms with van der Waals surface area (Å²) in [6.45, 7) is 0.456. The molecular weight excluding hydrogens is 420 g/mol. The molecule has 3 aromatic carbocycles. The van der Waals surface area contributed by atoms with Gasteiger partial charge in [-0.2, -0.15) is 0 Å². The van der Waals surface area contributed by atoms with Gasteiger partial charge in [0.2, 0.25) is 5.91 Å². The molecule has 1 heterocycles. The van der Waals surface area contributed by atoms with Crippen molar-refractivity contribution in [2.45, 2.75) is 12.5 Å². The first kappa shape index (κ1) is 22.1. The van der Waals surface area contributed by atoms with Gasteiger partial charge in [-0.3, -0.25) is 19.3 Å². The average Bonchev–Trinajstić information content (AvgIpc) is 3.11. The van der Waals surface area contributed by atoms with Crippen LogP contribution in [0.15, 0.2) is 78.9 Å². The molecule has 168 valence electrons. The van der Waals surface area contributed by atoms with Crippen molar-refractivity contribution in [1.29, 1.82) is 0 Å². The lowest BCUT2D eigenvalue weighted by atomic mass is 10.0. The van der Waals surface area contributed by atoms with Crippen molar-refractivity contribution >= 4 is 17.7 Å². The van der Waals surface area contributed by atoms with Crippen LogP contribution in [-0.2, 0) is 11.2 Å². The van der Waals surface area contributed by atoms with Crippen LogP contribution >= 0.6 is 0 Å². The molecular formula is C26H24N2O5. The van der Waals surface area contributed by atoms with E-state index in [4.69, 9.17) is 9.47 Å². The van der Waals surface area contributed by atoms with Gasteiger partial charge in [0, 0.05) is 6.42 Å². The fourth-order valence-corrected chi connectivity index (χ4v) is 3.76. The Morgan fingerprint density at radius 3 is 2.03 bits per heavy atom. The van der Waals surface area contributed by atoms with Gasteiger partial charge in [0.25, 0.3) is 11.8 Å². The average molecular weight is 444 g/mol. The summed E-state index contributed by atoms with van der Waals surface area (Å²) >= 11 is 0. The molecule has 33 heavy (non-hydrogen) atoms. The second-order valence-corrected chi connectivity index (χ2v) is 7.55. The van der Waals surface area contributed by atoms with Crippen LogP contribution in [0.25, 0.3) is 0 Å². The van der Waals surface area contributed by atoms with Crippen LogP contribution in [0.5, 0.6) is 11.5 Å². The minimum atomic E-state index is -0.971. The van der Waals surface area contributed by atoms with Crippen LogP contribution in [-0.4, -0.2) is 48.9 Å². The van der Waals surface area contributed by atoms with Crippen molar-refractivity contribution in [3.8, 4) is 11.5 Å². The molecule has 1 aliphatic rings. The fourth-order valence-electron chi connectivity index (χ4n) is 3.76. The number of carbonyl (C=O) groups is 3. The maximum atomic E-state index is 13.1. The van der Waals surface area contributed by atoms with Crippen molar-refractivity contribution in [2.24, 2.45) is 0 Å². The van der Waals surface area contributed by atoms with E-state index < -0.39 is 23.8 Å². The van der Waals surface area contributed by atoms with Crippen molar-refractivity contribution in [2.75, 3.05) is 20.3 Å². The molecule has 0 bridgehead atoms. The van der Waals surface area contributed by atoms with Gasteiger partial charge in [-0.1, -0.05) is 42.5 Å². The molecule has 1 aliphatic heterocycles. The van der Waals surface area contributed by atoms with Gasteiger partial charge in [0.1, 0.15) is 24.1 Å². The Morgan fingerprint density at radius 2 is 1.42 bits per heavy atom. The molecule has 0 spiro atoms. The summed E-state index contributed by atoms with van der Waals surface area (Å²) in [5, 5.41) is 2.81. The van der Waals surface area contributed by atoms with E-state index in [0.717, 1.165) is 16.2 Å². The maximum absolute atomic E-state index is 13.1. The summed E-state index contributed by atoms with van der Waals surface area (Å²) < 4.78 is 10.8. The number of amides is 3. The standard InChI is InChI=1S/C26H24N2O5/c1-32-19-11-13-20(14-12-19)33-16-15-27-24(29)23(17-18-7-3-2-4-8-18)28-25(30)21-9-5-6-10-22(21)26(28)31/h2-14,23H,15-17H2,1H3,(H,27,29). The summed E-state index contributed by atoms with van der Waals surface area (Å²) in [5.74, 6) is 0.0422. The third-order valence-corrected chi connectivity index (χ3v) is 5.44. The molecule has 0 radical (unpaired) electrons. The number of benzene rings is 3. The Morgan fingerprint density at radius 1 is 0.848 bits per heavy atom. The number of fused-ring (bicyclic) bond motifs is 1. The lowest BCUT2D eigenvalue weighted by Gasteiger charge is -2.25. The van der Waals surface area contributed by atoms with Crippen molar-refractivity contribution in [3.05, 3.63) is 95.6 Å². The lowest BCUT2D eigenvalue weighted by molar-refractivity contribution is -0.125. The van der Waals surface area contributed by atoms with Crippen molar-refractivity contribution in [3.63, 3.8) is 0 Å². The molecule has 0 aromatic heterocycles. The third-order valence-electron chi connectivity index (χ3n) is 5.44. The number of rotatable bonds is 9. The van der Waals surface area contributed by atoms with Gasteiger partial charge < -0.3 is 14.8 Å². The molecule has 1 unspecified atom stereocenters. The summed E-state index contributed by atoms with van der Waals surface area (Å²) in [5.41, 5.74) is 1.48. The van der Waals surface area contributed by atoms with E-state index in [-0.39, 0.29) is 19.6 Å². The molecule has 7 heteroatoms. The molecule has 1 atom stereocenters. The van der Waals surface area contributed by atoms with Crippen LogP contribution in [0.1, 0.15) is 26.3 Å². The number of nitrogens with one attached hydrogen (secondary N) is 1. The number of hydrogen-bond acceptors (Lipinski definition) is 5. The summed E-state index contributed by atoms with van der Waals surface area (Å²) in [7, 11) is 1.59. The van der Waals surface area contributed by atoms with Gasteiger partial charge in [-0.05, 0) is 42.0 Å². The smallest absolute Gasteiger partial charge is 0.262 e. The van der Waals surface area contributed by atoms with E-state index in [1.165, 1.54) is 0 Å². The highest BCUT2D eigenvalue weighted by Gasteiger charge is 2.42. The van der Waals surface area contributed by atoms with E-state index in [9.17, 15) is 14.4 Å². The summed E-state index contributed by atoms with van der Waals surface area (Å²) in [6.07, 6.45) is 0.220. The molecule has 4 rings (SSSR count). The zero-order valence-electron chi connectivity index (χ0n) is 18.2. The Balaban J connectivity index is 1.45. The summed E-state index contributed by atoms with van der Waals surface area (Å²) in [6, 6.07) is 22.1. The van der Waals surface area contributed by atoms with Crippen LogP contribution in [0, 0.1) is 0 Å². The van der Waals surface area contributed by atoms with Crippen LogP contribution in [0.2, 0.25) is 0 Å². The normalized spacial score (nSPS) is 13.4. The van der Waals surface area contributed by atoms with Crippen molar-refractivity contribution in [1.82, 2.24) is 10.2 Å². The predicted molar refractivity (Wildman–Crippen MR) is 122 cm³/mol. The SMILES string of the molecule is COc1ccc(OCCNC(=O)C(Cc2ccccc2)N2C(=O)c3ccccc3C2=O)cc1. The summed E-state index contributed by atoms with van der Waals surface area (Å²) in [4.78, 5) is 40.2. The monoisotopic (exact) mass is 444 g/mol. The first-order valence-electron chi connectivity index (χ1n) is 10.6. The Labute approximate surface area is 191 Å². The third kappa shape index (κ3) is 4.87. The molecule has 0 aliphatic carbocycles. The Kier molecular flexibility index (Phi) is 6.69. The van der Waals surface area contributed by atoms with Gasteiger partial charge in [-0.15, -0.1) is 0 Å². The van der Waals surface area contributed by atoms with Crippen LogP contribution < -0.4 is 14.8 Å². The number of nitrogens with zero attached hydrogens (tertiary/aromatic N) is 1. The Hall–Kier alpha value is -4.13. The zero-order valence-corrected chi connectivity index (χ0v) is 18.2. The highest BCUT2D eigenvalue weighted by atomic mass is 16.5. The fraction of sp³-hybridized carbons (Fsp3) is 0.192. The number of carbonyl (C=O) groups excluding carboxylic acids is 3.